The van der Waals surface area contributed by atoms with Crippen molar-refractivity contribution in [1.82, 2.24) is 4.90 Å². The first-order valence-corrected chi connectivity index (χ1v) is 11.2. The highest BCUT2D eigenvalue weighted by atomic mass is 16.3. The number of likely N-dealkylation sites (tertiary alicyclic amines) is 1. The summed E-state index contributed by atoms with van der Waals surface area (Å²) in [4.78, 5) is 2.56. The molecule has 154 valence electrons. The highest BCUT2D eigenvalue weighted by Gasteiger charge is 2.34. The lowest BCUT2D eigenvalue weighted by Gasteiger charge is -2.19. The van der Waals surface area contributed by atoms with Crippen molar-refractivity contribution < 1.29 is 9.68 Å². The number of rotatable bonds is 4. The number of hydrogen-bond donors (Lipinski definition) is 1. The molecule has 0 radical (unpaired) electrons. The Bertz CT molecular complexity index is 853. The van der Waals surface area contributed by atoms with E-state index in [0.717, 1.165) is 18.7 Å². The average Bonchev–Trinajstić information content (AvgIpc) is 3.39. The third-order valence-electron chi connectivity index (χ3n) is 6.54. The predicted molar refractivity (Wildman–Crippen MR) is 121 cm³/mol. The van der Waals surface area contributed by atoms with Crippen molar-refractivity contribution in [2.45, 2.75) is 57.9 Å². The smallest absolute Gasteiger partial charge is 0.367 e. The van der Waals surface area contributed by atoms with Crippen LogP contribution in [-0.4, -0.2) is 52.7 Å². The van der Waals surface area contributed by atoms with E-state index in [2.05, 4.69) is 78.8 Å². The summed E-state index contributed by atoms with van der Waals surface area (Å²) < 4.78 is 2.23. The Morgan fingerprint density at radius 1 is 0.931 bits per heavy atom. The summed E-state index contributed by atoms with van der Waals surface area (Å²) in [5.41, 5.74) is 4.86. The molecule has 0 amide bonds. The summed E-state index contributed by atoms with van der Waals surface area (Å²) in [6, 6.07) is 17.7. The molecule has 0 spiro atoms. The van der Waals surface area contributed by atoms with Crippen LogP contribution in [-0.2, 0) is 5.41 Å². The van der Waals surface area contributed by atoms with Gasteiger partial charge in [0.2, 0.25) is 0 Å². The molecule has 3 nitrogen and oxygen atoms in total. The van der Waals surface area contributed by atoms with Crippen LogP contribution in [0.25, 0.3) is 11.1 Å². The van der Waals surface area contributed by atoms with Crippen molar-refractivity contribution >= 4 is 5.90 Å². The molecule has 2 heterocycles. The van der Waals surface area contributed by atoms with Crippen molar-refractivity contribution in [3.63, 3.8) is 0 Å². The van der Waals surface area contributed by atoms with Crippen LogP contribution in [0.2, 0.25) is 0 Å². The molecule has 2 aromatic carbocycles. The molecule has 0 aromatic heterocycles. The first-order valence-electron chi connectivity index (χ1n) is 11.2. The Kier molecular flexibility index (Phi) is 5.78. The fourth-order valence-corrected chi connectivity index (χ4v) is 4.71. The van der Waals surface area contributed by atoms with Gasteiger partial charge in [-0.15, -0.1) is 0 Å². The Hall–Kier alpha value is -2.13. The fourth-order valence-electron chi connectivity index (χ4n) is 4.71. The summed E-state index contributed by atoms with van der Waals surface area (Å²) in [6.45, 7) is 11.2. The maximum absolute atomic E-state index is 11.0. The largest absolute Gasteiger partial charge is 0.460 e. The second-order valence-electron chi connectivity index (χ2n) is 9.73. The van der Waals surface area contributed by atoms with Crippen LogP contribution in [0.1, 0.15) is 57.6 Å². The van der Waals surface area contributed by atoms with Gasteiger partial charge in [-0.3, -0.25) is 4.90 Å². The van der Waals surface area contributed by atoms with Gasteiger partial charge in [0.1, 0.15) is 6.54 Å². The number of aliphatic hydroxyl groups is 1. The van der Waals surface area contributed by atoms with Crippen LogP contribution in [0.3, 0.4) is 0 Å². The molecule has 2 aliphatic rings. The summed E-state index contributed by atoms with van der Waals surface area (Å²) in [6.07, 6.45) is 4.99. The molecule has 0 aliphatic carbocycles. The van der Waals surface area contributed by atoms with Gasteiger partial charge in [0.05, 0.1) is 12.1 Å². The van der Waals surface area contributed by atoms with E-state index in [0.29, 0.717) is 11.9 Å². The Labute approximate surface area is 175 Å². The van der Waals surface area contributed by atoms with Crippen molar-refractivity contribution in [3.05, 3.63) is 59.7 Å². The predicted octanol–water partition coefficient (Wildman–Crippen LogP) is 5.23. The van der Waals surface area contributed by atoms with E-state index in [1.54, 1.807) is 0 Å². The van der Waals surface area contributed by atoms with Crippen LogP contribution < -0.4 is 0 Å². The minimum atomic E-state index is 0.171. The molecule has 1 N–H and O–H groups in total. The van der Waals surface area contributed by atoms with E-state index >= 15 is 0 Å². The molecule has 2 fully saturated rings. The zero-order valence-corrected chi connectivity index (χ0v) is 18.2. The second kappa shape index (κ2) is 8.31. The fraction of sp³-hybridized carbons (Fsp3) is 0.500. The topological polar surface area (TPSA) is 26.5 Å². The molecular formula is C26H35N2O+. The van der Waals surface area contributed by atoms with E-state index in [4.69, 9.17) is 0 Å². The monoisotopic (exact) mass is 391 g/mol. The highest BCUT2D eigenvalue weighted by molar-refractivity contribution is 5.89. The molecule has 3 heteroatoms. The Balaban J connectivity index is 1.51. The lowest BCUT2D eigenvalue weighted by molar-refractivity contribution is -0.551. The molecule has 0 bridgehead atoms. The molecule has 1 atom stereocenters. The first-order chi connectivity index (χ1) is 13.9. The van der Waals surface area contributed by atoms with E-state index in [1.165, 1.54) is 55.5 Å². The summed E-state index contributed by atoms with van der Waals surface area (Å²) in [5.74, 6) is 0.446. The lowest BCUT2D eigenvalue weighted by Crippen LogP contribution is -2.37. The number of aliphatic hydroxyl groups excluding tert-OH is 1. The molecular weight excluding hydrogens is 356 g/mol. The van der Waals surface area contributed by atoms with E-state index in [9.17, 15) is 5.11 Å². The summed E-state index contributed by atoms with van der Waals surface area (Å²) in [5, 5.41) is 11.0. The van der Waals surface area contributed by atoms with Crippen LogP contribution in [0, 0.1) is 0 Å². The van der Waals surface area contributed by atoms with Crippen LogP contribution in [0.4, 0.5) is 0 Å². The van der Waals surface area contributed by atoms with Crippen LogP contribution in [0.5, 0.6) is 0 Å². The molecule has 0 unspecified atom stereocenters. The average molecular weight is 392 g/mol. The van der Waals surface area contributed by atoms with Gasteiger partial charge in [0, 0.05) is 12.8 Å². The number of hydrogen-bond acceptors (Lipinski definition) is 1. The molecule has 29 heavy (non-hydrogen) atoms. The maximum atomic E-state index is 11.0. The van der Waals surface area contributed by atoms with Gasteiger partial charge < -0.3 is 5.11 Å². The van der Waals surface area contributed by atoms with Crippen molar-refractivity contribution in [1.29, 1.82) is 0 Å². The van der Waals surface area contributed by atoms with Crippen molar-refractivity contribution in [2.24, 2.45) is 0 Å². The molecule has 2 aliphatic heterocycles. The van der Waals surface area contributed by atoms with Gasteiger partial charge >= 0.3 is 5.90 Å². The standard InChI is InChI=1S/C26H34N2O/c1-26(2,3)23-14-12-21(13-15-23)20-8-10-22(11-9-20)25(29)28-18-6-7-24(28)19-27-16-4-5-17-27/h8-15,24H,4-7,16-19H2,1-3H3/p+1/t24-/m0/s1. The first kappa shape index (κ1) is 20.2. The maximum Gasteiger partial charge on any atom is 0.367 e. The zero-order chi connectivity index (χ0) is 20.4. The van der Waals surface area contributed by atoms with Gasteiger partial charge in [-0.25, -0.2) is 0 Å². The van der Waals surface area contributed by atoms with Crippen LogP contribution in [0.15, 0.2) is 48.5 Å². The van der Waals surface area contributed by atoms with Gasteiger partial charge in [-0.05, 0) is 60.2 Å². The Morgan fingerprint density at radius 3 is 2.10 bits per heavy atom. The van der Waals surface area contributed by atoms with E-state index in [-0.39, 0.29) is 5.41 Å². The molecule has 2 aromatic rings. The molecule has 4 rings (SSSR count). The van der Waals surface area contributed by atoms with Crippen molar-refractivity contribution in [2.75, 3.05) is 26.2 Å². The minimum absolute atomic E-state index is 0.171. The number of benzene rings is 2. The summed E-state index contributed by atoms with van der Waals surface area (Å²) in [7, 11) is 0. The quantitative estimate of drug-likeness (QED) is 0.571. The molecule has 0 saturated carbocycles. The van der Waals surface area contributed by atoms with Gasteiger partial charge in [-0.1, -0.05) is 57.2 Å². The summed E-state index contributed by atoms with van der Waals surface area (Å²) >= 11 is 0. The van der Waals surface area contributed by atoms with E-state index < -0.39 is 0 Å². The lowest BCUT2D eigenvalue weighted by atomic mass is 9.86. The van der Waals surface area contributed by atoms with Gasteiger partial charge in [-0.2, -0.15) is 4.58 Å². The highest BCUT2D eigenvalue weighted by Crippen LogP contribution is 2.26. The van der Waals surface area contributed by atoms with Crippen LogP contribution >= 0.6 is 0 Å². The number of nitrogens with zero attached hydrogens (tertiary/aromatic N) is 2. The van der Waals surface area contributed by atoms with Gasteiger partial charge in [0.15, 0.2) is 6.04 Å². The zero-order valence-electron chi connectivity index (χ0n) is 18.2. The minimum Gasteiger partial charge on any atom is -0.460 e. The molecule has 2 saturated heterocycles. The Morgan fingerprint density at radius 2 is 1.52 bits per heavy atom. The van der Waals surface area contributed by atoms with Crippen molar-refractivity contribution in [3.8, 4) is 11.1 Å². The van der Waals surface area contributed by atoms with Gasteiger partial charge in [0.25, 0.3) is 0 Å². The normalized spacial score (nSPS) is 22.2. The third kappa shape index (κ3) is 4.56. The SMILES string of the molecule is CC(C)(C)c1ccc(-c2ccc(C(O)=[N+]3CCC[C@H]3CN3CCCC3)cc2)cc1. The third-order valence-corrected chi connectivity index (χ3v) is 6.54. The van der Waals surface area contributed by atoms with E-state index in [1.807, 2.05) is 0 Å². The second-order valence-corrected chi connectivity index (χ2v) is 9.73.